The summed E-state index contributed by atoms with van der Waals surface area (Å²) in [5.41, 5.74) is 0. The zero-order chi connectivity index (χ0) is 20.2. The number of piperidine rings is 1. The van der Waals surface area contributed by atoms with E-state index in [4.69, 9.17) is 4.74 Å². The van der Waals surface area contributed by atoms with Crippen molar-refractivity contribution in [2.24, 2.45) is 10.9 Å². The number of likely N-dealkylation sites (tertiary alicyclic amines) is 1. The van der Waals surface area contributed by atoms with E-state index in [2.05, 4.69) is 15.6 Å². The number of alkyl halides is 3. The second-order valence-corrected chi connectivity index (χ2v) is 8.03. The molecule has 164 valence electrons. The van der Waals surface area contributed by atoms with E-state index in [0.717, 1.165) is 38.3 Å². The topological polar surface area (TPSA) is 48.9 Å². The molecule has 5 nitrogen and oxygen atoms in total. The van der Waals surface area contributed by atoms with Crippen LogP contribution in [0.3, 0.4) is 0 Å². The normalized spacial score (nSPS) is 21.5. The van der Waals surface area contributed by atoms with Crippen LogP contribution >= 0.6 is 0 Å². The maximum Gasteiger partial charge on any atom is 0.401 e. The van der Waals surface area contributed by atoms with E-state index in [0.29, 0.717) is 31.7 Å². The Kier molecular flexibility index (Phi) is 10.4. The van der Waals surface area contributed by atoms with Crippen molar-refractivity contribution < 1.29 is 17.9 Å². The summed E-state index contributed by atoms with van der Waals surface area (Å²) in [5.74, 6) is 1.24. The molecule has 0 aromatic carbocycles. The van der Waals surface area contributed by atoms with Gasteiger partial charge in [0.15, 0.2) is 5.96 Å². The van der Waals surface area contributed by atoms with Crippen molar-refractivity contribution in [2.75, 3.05) is 46.4 Å². The number of nitrogens with zero attached hydrogens (tertiary/aromatic N) is 2. The number of ether oxygens (including phenoxy) is 1. The highest BCUT2D eigenvalue weighted by Gasteiger charge is 2.32. The molecule has 8 heteroatoms. The third kappa shape index (κ3) is 9.96. The van der Waals surface area contributed by atoms with Gasteiger partial charge in [-0.1, -0.05) is 25.7 Å². The minimum Gasteiger partial charge on any atom is -0.376 e. The molecule has 1 saturated heterocycles. The molecule has 0 spiro atoms. The Balaban J connectivity index is 1.51. The molecule has 2 rings (SSSR count). The standard InChI is InChI=1S/C20H37F3N4O/c1-24-19(26-12-15-28-18-6-4-2-3-5-7-18)25-11-8-17-9-13-27(14-10-17)16-20(21,22)23/h17-18H,2-16H2,1H3,(H2,24,25,26). The van der Waals surface area contributed by atoms with Crippen LogP contribution in [0.4, 0.5) is 13.2 Å². The van der Waals surface area contributed by atoms with E-state index in [9.17, 15) is 13.2 Å². The Labute approximate surface area is 167 Å². The summed E-state index contributed by atoms with van der Waals surface area (Å²) in [7, 11) is 1.75. The van der Waals surface area contributed by atoms with E-state index in [1.54, 1.807) is 7.05 Å². The van der Waals surface area contributed by atoms with Crippen LogP contribution in [0.25, 0.3) is 0 Å². The lowest BCUT2D eigenvalue weighted by molar-refractivity contribution is -0.148. The average Bonchev–Trinajstić information content (AvgIpc) is 2.92. The van der Waals surface area contributed by atoms with Crippen molar-refractivity contribution in [3.05, 3.63) is 0 Å². The van der Waals surface area contributed by atoms with E-state index >= 15 is 0 Å². The smallest absolute Gasteiger partial charge is 0.376 e. The quantitative estimate of drug-likeness (QED) is 0.280. The van der Waals surface area contributed by atoms with Crippen LogP contribution in [-0.2, 0) is 4.74 Å². The van der Waals surface area contributed by atoms with Gasteiger partial charge in [0.05, 0.1) is 19.3 Å². The van der Waals surface area contributed by atoms with Gasteiger partial charge in [0.25, 0.3) is 0 Å². The van der Waals surface area contributed by atoms with Gasteiger partial charge >= 0.3 is 6.18 Å². The Bertz CT molecular complexity index is 443. The fourth-order valence-electron chi connectivity index (χ4n) is 4.11. The summed E-state index contributed by atoms with van der Waals surface area (Å²) < 4.78 is 43.3. The molecule has 1 aliphatic carbocycles. The van der Waals surface area contributed by atoms with Crippen LogP contribution in [0, 0.1) is 5.92 Å². The molecule has 1 saturated carbocycles. The number of hydrogen-bond acceptors (Lipinski definition) is 3. The summed E-state index contributed by atoms with van der Waals surface area (Å²) in [6, 6.07) is 0. The van der Waals surface area contributed by atoms with Crippen LogP contribution in [0.5, 0.6) is 0 Å². The third-order valence-electron chi connectivity index (χ3n) is 5.73. The minimum atomic E-state index is -4.09. The van der Waals surface area contributed by atoms with Crippen LogP contribution in [0.1, 0.15) is 57.8 Å². The number of hydrogen-bond donors (Lipinski definition) is 2. The predicted molar refractivity (Wildman–Crippen MR) is 107 cm³/mol. The molecule has 1 heterocycles. The van der Waals surface area contributed by atoms with Crippen LogP contribution in [0.2, 0.25) is 0 Å². The van der Waals surface area contributed by atoms with Crippen molar-refractivity contribution in [2.45, 2.75) is 70.1 Å². The molecular formula is C20H37F3N4O. The number of guanidine groups is 1. The van der Waals surface area contributed by atoms with Crippen molar-refractivity contribution >= 4 is 5.96 Å². The number of rotatable bonds is 8. The maximum atomic E-state index is 12.4. The Morgan fingerprint density at radius 2 is 1.64 bits per heavy atom. The van der Waals surface area contributed by atoms with E-state index < -0.39 is 12.7 Å². The van der Waals surface area contributed by atoms with Crippen LogP contribution in [-0.4, -0.2) is 69.5 Å². The van der Waals surface area contributed by atoms with Crippen LogP contribution < -0.4 is 10.6 Å². The lowest BCUT2D eigenvalue weighted by atomic mass is 9.93. The zero-order valence-corrected chi connectivity index (χ0v) is 17.2. The number of nitrogens with one attached hydrogen (secondary N) is 2. The fraction of sp³-hybridized carbons (Fsp3) is 0.950. The lowest BCUT2D eigenvalue weighted by Gasteiger charge is -2.32. The van der Waals surface area contributed by atoms with Crippen molar-refractivity contribution in [1.29, 1.82) is 0 Å². The molecule has 0 bridgehead atoms. The second-order valence-electron chi connectivity index (χ2n) is 8.03. The highest BCUT2D eigenvalue weighted by molar-refractivity contribution is 5.79. The monoisotopic (exact) mass is 406 g/mol. The first-order valence-electron chi connectivity index (χ1n) is 10.8. The number of aliphatic imine (C=N–C) groups is 1. The summed E-state index contributed by atoms with van der Waals surface area (Å²) in [4.78, 5) is 5.74. The zero-order valence-electron chi connectivity index (χ0n) is 17.2. The van der Waals surface area contributed by atoms with Crippen molar-refractivity contribution in [3.63, 3.8) is 0 Å². The van der Waals surface area contributed by atoms with Gasteiger partial charge in [-0.3, -0.25) is 9.89 Å². The van der Waals surface area contributed by atoms with Gasteiger partial charge in [0, 0.05) is 20.1 Å². The summed E-state index contributed by atoms with van der Waals surface area (Å²) >= 11 is 0. The van der Waals surface area contributed by atoms with Gasteiger partial charge < -0.3 is 15.4 Å². The summed E-state index contributed by atoms with van der Waals surface area (Å²) in [5, 5.41) is 6.58. The molecule has 1 aliphatic heterocycles. The Hall–Kier alpha value is -1.02. The molecule has 2 fully saturated rings. The molecule has 0 radical (unpaired) electrons. The van der Waals surface area contributed by atoms with Gasteiger partial charge in [0.2, 0.25) is 0 Å². The highest BCUT2D eigenvalue weighted by atomic mass is 19.4. The lowest BCUT2D eigenvalue weighted by Crippen LogP contribution is -2.42. The molecule has 0 aromatic heterocycles. The van der Waals surface area contributed by atoms with Gasteiger partial charge in [-0.15, -0.1) is 0 Å². The van der Waals surface area contributed by atoms with Crippen molar-refractivity contribution in [3.8, 4) is 0 Å². The first-order chi connectivity index (χ1) is 13.5. The first kappa shape index (κ1) is 23.3. The molecule has 28 heavy (non-hydrogen) atoms. The minimum absolute atomic E-state index is 0.405. The van der Waals surface area contributed by atoms with E-state index in [1.165, 1.54) is 43.4 Å². The molecule has 0 amide bonds. The SMILES string of the molecule is CN=C(NCCOC1CCCCCC1)NCCC1CCN(CC(F)(F)F)CC1. The average molecular weight is 407 g/mol. The molecule has 2 aliphatic rings. The third-order valence-corrected chi connectivity index (χ3v) is 5.73. The van der Waals surface area contributed by atoms with Gasteiger partial charge in [0.1, 0.15) is 0 Å². The molecule has 2 N–H and O–H groups in total. The summed E-state index contributed by atoms with van der Waals surface area (Å²) in [6.07, 6.45) is 6.49. The highest BCUT2D eigenvalue weighted by Crippen LogP contribution is 2.24. The molecule has 0 unspecified atom stereocenters. The van der Waals surface area contributed by atoms with Crippen LogP contribution in [0.15, 0.2) is 4.99 Å². The fourth-order valence-corrected chi connectivity index (χ4v) is 4.11. The maximum absolute atomic E-state index is 12.4. The van der Waals surface area contributed by atoms with E-state index in [1.807, 2.05) is 0 Å². The largest absolute Gasteiger partial charge is 0.401 e. The van der Waals surface area contributed by atoms with Gasteiger partial charge in [-0.05, 0) is 51.1 Å². The number of halogens is 3. The van der Waals surface area contributed by atoms with Crippen molar-refractivity contribution in [1.82, 2.24) is 15.5 Å². The Morgan fingerprint density at radius 3 is 2.25 bits per heavy atom. The molecule has 0 aromatic rings. The molecule has 0 atom stereocenters. The Morgan fingerprint density at radius 1 is 1.00 bits per heavy atom. The van der Waals surface area contributed by atoms with E-state index in [-0.39, 0.29) is 0 Å². The second kappa shape index (κ2) is 12.5. The first-order valence-corrected chi connectivity index (χ1v) is 10.8. The molecular weight excluding hydrogens is 369 g/mol. The predicted octanol–water partition coefficient (Wildman–Crippen LogP) is 3.56. The summed E-state index contributed by atoms with van der Waals surface area (Å²) in [6.45, 7) is 2.49. The van der Waals surface area contributed by atoms with Gasteiger partial charge in [-0.2, -0.15) is 13.2 Å². The van der Waals surface area contributed by atoms with Gasteiger partial charge in [-0.25, -0.2) is 0 Å².